The van der Waals surface area contributed by atoms with Crippen molar-refractivity contribution in [3.63, 3.8) is 0 Å². The molecule has 4 unspecified atom stereocenters. The van der Waals surface area contributed by atoms with Crippen LogP contribution in [0.1, 0.15) is 62.6 Å². The number of pyridine rings is 1. The highest BCUT2D eigenvalue weighted by Crippen LogP contribution is 2.59. The van der Waals surface area contributed by atoms with Crippen LogP contribution in [0.2, 0.25) is 0 Å². The molecule has 2 N–H and O–H groups in total. The molecule has 0 bridgehead atoms. The number of carbonyl (C=O) groups excluding carboxylic acids is 2. The van der Waals surface area contributed by atoms with E-state index in [-0.39, 0.29) is 36.4 Å². The molecule has 3 aromatic rings. The van der Waals surface area contributed by atoms with E-state index >= 15 is 0 Å². The second kappa shape index (κ2) is 14.2. The monoisotopic (exact) mass is 638 g/mol. The Morgan fingerprint density at radius 3 is 2.64 bits per heavy atom. The molecule has 2 saturated carbocycles. The van der Waals surface area contributed by atoms with Crippen LogP contribution in [0.15, 0.2) is 66.9 Å². The van der Waals surface area contributed by atoms with Crippen LogP contribution in [-0.2, 0) is 22.6 Å². The minimum atomic E-state index is -1.48. The van der Waals surface area contributed by atoms with Gasteiger partial charge in [-0.25, -0.2) is 4.98 Å². The Kier molecular flexibility index (Phi) is 9.99. The minimum absolute atomic E-state index is 0.130. The fraction of sp³-hybridized carbons (Fsp3) is 0.513. The number of aliphatic hydroxyl groups is 1. The first-order valence-electron chi connectivity index (χ1n) is 17.4. The number of ketones is 2. The number of piperazine rings is 1. The lowest BCUT2D eigenvalue weighted by Gasteiger charge is -2.48. The highest BCUT2D eigenvalue weighted by Gasteiger charge is 2.63. The number of hydrogen-bond donors (Lipinski definition) is 2. The van der Waals surface area contributed by atoms with Crippen molar-refractivity contribution in [2.45, 2.75) is 71.5 Å². The molecule has 8 nitrogen and oxygen atoms in total. The smallest absolute Gasteiger partial charge is 0.178 e. The topological polar surface area (TPSA) is 95.0 Å². The van der Waals surface area contributed by atoms with Gasteiger partial charge in [-0.05, 0) is 92.3 Å². The van der Waals surface area contributed by atoms with Crippen molar-refractivity contribution in [3.8, 4) is 5.75 Å². The summed E-state index contributed by atoms with van der Waals surface area (Å²) < 4.78 is 6.10. The standard InChI is InChI=1S/C39H50N4O4/c1-4-40-35-11-8-18-41-37(35)43-21-19-42(20-22-43)26-36(45)39(46)17-16-34-31(23-32(44)25-38(34,39)3)14-13-30-24-33(15-12-28(30)2)47-27-29-9-6-5-7-10-29/h5-12,15,18,24,31,34,40,46H,4,13-14,16-17,19-23,25-27H2,1-3H3. The fourth-order valence-corrected chi connectivity index (χ4v) is 8.50. The second-order valence-electron chi connectivity index (χ2n) is 14.1. The Morgan fingerprint density at radius 2 is 1.87 bits per heavy atom. The molecular weight excluding hydrogens is 588 g/mol. The average molecular weight is 639 g/mol. The van der Waals surface area contributed by atoms with E-state index in [0.717, 1.165) is 74.8 Å². The molecule has 2 aliphatic carbocycles. The van der Waals surface area contributed by atoms with Crippen LogP contribution in [0.4, 0.5) is 11.5 Å². The summed E-state index contributed by atoms with van der Waals surface area (Å²) in [6.07, 6.45) is 5.51. The Labute approximate surface area is 279 Å². The van der Waals surface area contributed by atoms with Crippen LogP contribution >= 0.6 is 0 Å². The van der Waals surface area contributed by atoms with Crippen molar-refractivity contribution in [2.75, 3.05) is 49.5 Å². The third-order valence-corrected chi connectivity index (χ3v) is 11.2. The molecule has 1 aromatic heterocycles. The number of aromatic nitrogens is 1. The fourth-order valence-electron chi connectivity index (χ4n) is 8.50. The number of ether oxygens (including phenoxy) is 1. The van der Waals surface area contributed by atoms with E-state index in [4.69, 9.17) is 4.74 Å². The summed E-state index contributed by atoms with van der Waals surface area (Å²) in [7, 11) is 0. The van der Waals surface area contributed by atoms with Crippen LogP contribution in [0.25, 0.3) is 0 Å². The lowest BCUT2D eigenvalue weighted by molar-refractivity contribution is -0.160. The van der Waals surface area contributed by atoms with Crippen molar-refractivity contribution in [3.05, 3.63) is 83.6 Å². The Bertz CT molecular complexity index is 1560. The zero-order chi connectivity index (χ0) is 33.0. The number of aryl methyl sites for hydroxylation is 2. The predicted molar refractivity (Wildman–Crippen MR) is 186 cm³/mol. The summed E-state index contributed by atoms with van der Waals surface area (Å²) in [4.78, 5) is 36.2. The van der Waals surface area contributed by atoms with Gasteiger partial charge in [0.05, 0.1) is 12.2 Å². The van der Waals surface area contributed by atoms with E-state index in [1.165, 1.54) is 11.1 Å². The van der Waals surface area contributed by atoms with Crippen molar-refractivity contribution < 1.29 is 19.4 Å². The summed E-state index contributed by atoms with van der Waals surface area (Å²) in [5.41, 5.74) is 2.36. The molecule has 0 amide bonds. The van der Waals surface area contributed by atoms with E-state index in [1.54, 1.807) is 0 Å². The molecule has 2 heterocycles. The SMILES string of the molecule is CCNc1cccnc1N1CCN(CC(=O)C2(O)CCC3C(CCc4cc(OCc5ccccc5)ccc4C)CC(=O)CC32C)CC1. The van der Waals surface area contributed by atoms with Crippen LogP contribution in [0, 0.1) is 24.2 Å². The maximum atomic E-state index is 14.0. The van der Waals surface area contributed by atoms with Gasteiger partial charge in [-0.1, -0.05) is 43.3 Å². The molecule has 47 heavy (non-hydrogen) atoms. The van der Waals surface area contributed by atoms with E-state index in [9.17, 15) is 14.7 Å². The molecule has 8 heteroatoms. The number of hydrogen-bond acceptors (Lipinski definition) is 8. The molecule has 0 spiro atoms. The van der Waals surface area contributed by atoms with Gasteiger partial charge in [0, 0.05) is 57.2 Å². The van der Waals surface area contributed by atoms with Crippen LogP contribution in [-0.4, -0.2) is 71.4 Å². The Hall–Kier alpha value is -3.75. The molecular formula is C39H50N4O4. The van der Waals surface area contributed by atoms with Gasteiger partial charge in [0.25, 0.3) is 0 Å². The van der Waals surface area contributed by atoms with Crippen LogP contribution < -0.4 is 15.0 Å². The third-order valence-electron chi connectivity index (χ3n) is 11.2. The summed E-state index contributed by atoms with van der Waals surface area (Å²) in [5, 5.41) is 15.5. The maximum Gasteiger partial charge on any atom is 0.178 e. The van der Waals surface area contributed by atoms with Crippen LogP contribution in [0.3, 0.4) is 0 Å². The summed E-state index contributed by atoms with van der Waals surface area (Å²) >= 11 is 0. The van der Waals surface area contributed by atoms with E-state index in [1.807, 2.05) is 49.5 Å². The van der Waals surface area contributed by atoms with E-state index in [0.29, 0.717) is 19.4 Å². The third kappa shape index (κ3) is 6.95. The lowest BCUT2D eigenvalue weighted by Crippen LogP contribution is -2.58. The van der Waals surface area contributed by atoms with E-state index < -0.39 is 11.0 Å². The number of anilines is 2. The molecule has 1 saturated heterocycles. The Morgan fingerprint density at radius 1 is 1.09 bits per heavy atom. The average Bonchev–Trinajstić information content (AvgIpc) is 3.35. The van der Waals surface area contributed by atoms with Gasteiger partial charge in [0.15, 0.2) is 11.6 Å². The van der Waals surface area contributed by atoms with Crippen LogP contribution in [0.5, 0.6) is 5.75 Å². The minimum Gasteiger partial charge on any atom is -0.489 e. The zero-order valence-corrected chi connectivity index (χ0v) is 28.2. The first-order chi connectivity index (χ1) is 22.7. The zero-order valence-electron chi connectivity index (χ0n) is 28.2. The maximum absolute atomic E-state index is 14.0. The largest absolute Gasteiger partial charge is 0.489 e. The van der Waals surface area contributed by atoms with Gasteiger partial charge < -0.3 is 20.1 Å². The van der Waals surface area contributed by atoms with E-state index in [2.05, 4.69) is 58.2 Å². The normalized spacial score (nSPS) is 26.2. The van der Waals surface area contributed by atoms with Crippen molar-refractivity contribution >= 4 is 23.1 Å². The Balaban J connectivity index is 1.08. The molecule has 1 aliphatic heterocycles. The molecule has 3 aliphatic rings. The number of carbonyl (C=O) groups is 2. The second-order valence-corrected chi connectivity index (χ2v) is 14.1. The number of fused-ring (bicyclic) bond motifs is 1. The molecule has 250 valence electrons. The summed E-state index contributed by atoms with van der Waals surface area (Å²) in [6.45, 7) is 10.7. The first-order valence-corrected chi connectivity index (χ1v) is 17.4. The number of benzene rings is 2. The summed E-state index contributed by atoms with van der Waals surface area (Å²) in [5.74, 6) is 2.10. The molecule has 2 aromatic carbocycles. The number of Topliss-reactive ketones (excluding diaryl/α,β-unsaturated/α-hetero) is 2. The molecule has 0 radical (unpaired) electrons. The van der Waals surface area contributed by atoms with Gasteiger partial charge in [-0.2, -0.15) is 0 Å². The number of rotatable bonds is 12. The number of nitrogens with zero attached hydrogens (tertiary/aromatic N) is 3. The highest BCUT2D eigenvalue weighted by molar-refractivity contribution is 5.92. The van der Waals surface area contributed by atoms with Gasteiger partial charge in [0.1, 0.15) is 23.7 Å². The van der Waals surface area contributed by atoms with Crippen molar-refractivity contribution in [1.82, 2.24) is 9.88 Å². The lowest BCUT2D eigenvalue weighted by atomic mass is 9.57. The summed E-state index contributed by atoms with van der Waals surface area (Å²) in [6, 6.07) is 20.4. The van der Waals surface area contributed by atoms with Gasteiger partial charge in [-0.15, -0.1) is 0 Å². The first kappa shape index (κ1) is 33.2. The van der Waals surface area contributed by atoms with Gasteiger partial charge in [-0.3, -0.25) is 14.5 Å². The predicted octanol–water partition coefficient (Wildman–Crippen LogP) is 5.85. The molecule has 4 atom stereocenters. The van der Waals surface area contributed by atoms with Gasteiger partial charge >= 0.3 is 0 Å². The molecule has 3 fully saturated rings. The number of nitrogens with one attached hydrogen (secondary N) is 1. The highest BCUT2D eigenvalue weighted by atomic mass is 16.5. The van der Waals surface area contributed by atoms with Crippen molar-refractivity contribution in [2.24, 2.45) is 17.3 Å². The molecule has 6 rings (SSSR count). The van der Waals surface area contributed by atoms with Gasteiger partial charge in [0.2, 0.25) is 0 Å². The van der Waals surface area contributed by atoms with Crippen molar-refractivity contribution in [1.29, 1.82) is 0 Å². The quantitative estimate of drug-likeness (QED) is 0.255.